The zero-order valence-corrected chi connectivity index (χ0v) is 10.9. The van der Waals surface area contributed by atoms with Crippen molar-refractivity contribution in [1.82, 2.24) is 0 Å². The minimum atomic E-state index is -1.45. The second-order valence-electron chi connectivity index (χ2n) is 3.29. The van der Waals surface area contributed by atoms with Gasteiger partial charge in [-0.1, -0.05) is 17.7 Å². The highest BCUT2D eigenvalue weighted by Crippen LogP contribution is 2.08. The first-order valence-corrected chi connectivity index (χ1v) is 5.38. The largest absolute Gasteiger partial charge is 0.481 e. The summed E-state index contributed by atoms with van der Waals surface area (Å²) >= 11 is 4.89. The van der Waals surface area contributed by atoms with Gasteiger partial charge in [-0.2, -0.15) is 0 Å². The van der Waals surface area contributed by atoms with E-state index in [-0.39, 0.29) is 12.8 Å². The minimum absolute atomic E-state index is 0.196. The van der Waals surface area contributed by atoms with Gasteiger partial charge in [0.1, 0.15) is 5.03 Å². The van der Waals surface area contributed by atoms with Crippen molar-refractivity contribution in [1.29, 1.82) is 0 Å². The zero-order valence-electron chi connectivity index (χ0n) is 10.2. The third-order valence-electron chi connectivity index (χ3n) is 1.68. The molecule has 0 saturated heterocycles. The lowest BCUT2D eigenvalue weighted by molar-refractivity contribution is -0.148. The maximum absolute atomic E-state index is 10.3. The van der Waals surface area contributed by atoms with E-state index in [0.717, 1.165) is 0 Å². The number of allylic oxidation sites excluding steroid dienone is 1. The van der Waals surface area contributed by atoms with Gasteiger partial charge in [-0.15, -0.1) is 6.58 Å². The first-order chi connectivity index (χ1) is 9.11. The molecule has 0 aromatic carbocycles. The van der Waals surface area contributed by atoms with Gasteiger partial charge in [-0.3, -0.25) is 9.59 Å². The van der Waals surface area contributed by atoms with Gasteiger partial charge in [0.05, 0.1) is 12.3 Å². The molecule has 0 radical (unpaired) electrons. The molecule has 0 heterocycles. The highest BCUT2D eigenvalue weighted by molar-refractivity contribution is 6.42. The van der Waals surface area contributed by atoms with Gasteiger partial charge in [-0.25, -0.2) is 9.59 Å². The summed E-state index contributed by atoms with van der Waals surface area (Å²) in [7, 11) is 0. The fourth-order valence-electron chi connectivity index (χ4n) is 0.854. The molecule has 1 unspecified atom stereocenters. The van der Waals surface area contributed by atoms with Crippen LogP contribution in [0.3, 0.4) is 0 Å². The molecular formula is C11H13ClO8. The molecule has 20 heavy (non-hydrogen) atoms. The van der Waals surface area contributed by atoms with Gasteiger partial charge < -0.3 is 20.4 Å². The smallest absolute Gasteiger partial charge is 0.347 e. The SMILES string of the molecule is C=CCC(CC(=O)O)C(=O)O.O=C(O)/C=C(/Cl)C(=O)O. The second-order valence-corrected chi connectivity index (χ2v) is 3.70. The molecule has 0 saturated carbocycles. The van der Waals surface area contributed by atoms with Crippen molar-refractivity contribution in [3.05, 3.63) is 23.8 Å². The van der Waals surface area contributed by atoms with E-state index in [2.05, 4.69) is 6.58 Å². The Morgan fingerprint density at radius 2 is 1.60 bits per heavy atom. The number of carboxylic acid groups (broad SMARTS) is 4. The number of hydrogen-bond donors (Lipinski definition) is 4. The molecule has 9 heteroatoms. The number of rotatable bonds is 7. The Kier molecular flexibility index (Phi) is 10.5. The average Bonchev–Trinajstić information content (AvgIpc) is 2.27. The monoisotopic (exact) mass is 308 g/mol. The lowest BCUT2D eigenvalue weighted by Crippen LogP contribution is -2.16. The van der Waals surface area contributed by atoms with E-state index in [1.165, 1.54) is 6.08 Å². The molecule has 0 aromatic heterocycles. The number of aliphatic carboxylic acids is 4. The predicted octanol–water partition coefficient (Wildman–Crippen LogP) is 1.02. The Balaban J connectivity index is 0. The van der Waals surface area contributed by atoms with Crippen LogP contribution in [-0.2, 0) is 19.2 Å². The van der Waals surface area contributed by atoms with Crippen LogP contribution in [0.2, 0.25) is 0 Å². The Bertz CT molecular complexity index is 426. The average molecular weight is 309 g/mol. The van der Waals surface area contributed by atoms with Crippen LogP contribution in [0.15, 0.2) is 23.8 Å². The summed E-state index contributed by atoms with van der Waals surface area (Å²) in [4.78, 5) is 39.9. The van der Waals surface area contributed by atoms with Crippen LogP contribution in [0.1, 0.15) is 12.8 Å². The van der Waals surface area contributed by atoms with Crippen LogP contribution in [0.5, 0.6) is 0 Å². The van der Waals surface area contributed by atoms with E-state index in [9.17, 15) is 19.2 Å². The quantitative estimate of drug-likeness (QED) is 0.402. The van der Waals surface area contributed by atoms with E-state index in [4.69, 9.17) is 32.0 Å². The van der Waals surface area contributed by atoms with E-state index in [1.807, 2.05) is 0 Å². The molecule has 0 aliphatic rings. The van der Waals surface area contributed by atoms with Crippen molar-refractivity contribution in [3.63, 3.8) is 0 Å². The van der Waals surface area contributed by atoms with E-state index in [0.29, 0.717) is 6.08 Å². The highest BCUT2D eigenvalue weighted by atomic mass is 35.5. The molecule has 0 aliphatic carbocycles. The zero-order chi connectivity index (χ0) is 16.3. The molecule has 4 N–H and O–H groups in total. The maximum atomic E-state index is 10.3. The molecule has 8 nitrogen and oxygen atoms in total. The van der Waals surface area contributed by atoms with Crippen molar-refractivity contribution >= 4 is 35.5 Å². The second kappa shape index (κ2) is 10.6. The third kappa shape index (κ3) is 12.1. The van der Waals surface area contributed by atoms with Crippen molar-refractivity contribution < 1.29 is 39.6 Å². The normalized spacial score (nSPS) is 11.6. The van der Waals surface area contributed by atoms with Crippen LogP contribution in [-0.4, -0.2) is 44.3 Å². The molecule has 0 aliphatic heterocycles. The van der Waals surface area contributed by atoms with Crippen molar-refractivity contribution in [3.8, 4) is 0 Å². The maximum Gasteiger partial charge on any atom is 0.347 e. The summed E-state index contributed by atoms with van der Waals surface area (Å²) in [6.07, 6.45) is 1.66. The van der Waals surface area contributed by atoms with Gasteiger partial charge in [-0.05, 0) is 6.42 Å². The first-order valence-electron chi connectivity index (χ1n) is 5.00. The van der Waals surface area contributed by atoms with Gasteiger partial charge >= 0.3 is 23.9 Å². The van der Waals surface area contributed by atoms with E-state index < -0.39 is 34.8 Å². The van der Waals surface area contributed by atoms with Crippen LogP contribution in [0.4, 0.5) is 0 Å². The number of halogens is 1. The lowest BCUT2D eigenvalue weighted by Gasteiger charge is -2.04. The fraction of sp³-hybridized carbons (Fsp3) is 0.273. The molecule has 0 amide bonds. The van der Waals surface area contributed by atoms with Crippen molar-refractivity contribution in [2.24, 2.45) is 5.92 Å². The Morgan fingerprint density at radius 1 is 1.10 bits per heavy atom. The third-order valence-corrected chi connectivity index (χ3v) is 1.95. The molecule has 0 spiro atoms. The predicted molar refractivity (Wildman–Crippen MR) is 67.4 cm³/mol. The Labute approximate surface area is 118 Å². The molecule has 1 atom stereocenters. The summed E-state index contributed by atoms with van der Waals surface area (Å²) in [5.41, 5.74) is 0. The topological polar surface area (TPSA) is 149 Å². The summed E-state index contributed by atoms with van der Waals surface area (Å²) in [6, 6.07) is 0. The summed E-state index contributed by atoms with van der Waals surface area (Å²) < 4.78 is 0. The van der Waals surface area contributed by atoms with E-state index in [1.54, 1.807) is 0 Å². The minimum Gasteiger partial charge on any atom is -0.481 e. The van der Waals surface area contributed by atoms with Crippen LogP contribution >= 0.6 is 11.6 Å². The summed E-state index contributed by atoms with van der Waals surface area (Å²) in [5.74, 6) is -5.85. The van der Waals surface area contributed by atoms with Crippen LogP contribution < -0.4 is 0 Å². The van der Waals surface area contributed by atoms with Crippen molar-refractivity contribution in [2.45, 2.75) is 12.8 Å². The Morgan fingerprint density at radius 3 is 1.80 bits per heavy atom. The standard InChI is InChI=1S/C7H10O4.C4H3ClO4/c1-2-3-5(7(10)11)4-6(8)9;5-2(4(8)9)1-3(6)7/h2,5H,1,3-4H2,(H,8,9)(H,10,11);1H,(H,6,7)(H,8,9)/b;2-1+. The molecule has 0 bridgehead atoms. The Hall–Kier alpha value is -2.35. The first kappa shape index (κ1) is 20.0. The molecule has 0 aromatic rings. The number of carboxylic acids is 4. The number of carbonyl (C=O) groups is 4. The molecular weight excluding hydrogens is 296 g/mol. The fourth-order valence-corrected chi connectivity index (χ4v) is 0.947. The van der Waals surface area contributed by atoms with E-state index >= 15 is 0 Å². The number of hydrogen-bond acceptors (Lipinski definition) is 4. The highest BCUT2D eigenvalue weighted by Gasteiger charge is 2.18. The van der Waals surface area contributed by atoms with Crippen LogP contribution in [0.25, 0.3) is 0 Å². The molecule has 112 valence electrons. The molecule has 0 fully saturated rings. The van der Waals surface area contributed by atoms with Gasteiger partial charge in [0.2, 0.25) is 0 Å². The van der Waals surface area contributed by atoms with Gasteiger partial charge in [0, 0.05) is 6.08 Å². The summed E-state index contributed by atoms with van der Waals surface area (Å²) in [6.45, 7) is 3.33. The molecule has 0 rings (SSSR count). The summed E-state index contributed by atoms with van der Waals surface area (Å²) in [5, 5.41) is 31.9. The lowest BCUT2D eigenvalue weighted by atomic mass is 10.0. The van der Waals surface area contributed by atoms with Crippen LogP contribution in [0, 0.1) is 5.92 Å². The van der Waals surface area contributed by atoms with Gasteiger partial charge in [0.25, 0.3) is 0 Å². The van der Waals surface area contributed by atoms with Gasteiger partial charge in [0.15, 0.2) is 0 Å². The van der Waals surface area contributed by atoms with Crippen molar-refractivity contribution in [2.75, 3.05) is 0 Å².